The van der Waals surface area contributed by atoms with Gasteiger partial charge in [-0.25, -0.2) is 4.79 Å². The standard InChI is InChI=1S/C31H42N6O2S/c1-3-4-5-26-22-30(36-18-20-39-21-19-36)40-37(24-26)29-12-10-28(11-13-29)33-31(38)32-27-8-6-25(7-9-27)23-35-16-14-34(2)15-17-35/h6-13,22,24H,3-5,14-21,23H2,1-2H3,(H2,32,33,38). The molecule has 0 atom stereocenters. The number of piperazine rings is 1. The number of benzene rings is 2. The van der Waals surface area contributed by atoms with Gasteiger partial charge < -0.3 is 25.2 Å². The van der Waals surface area contributed by atoms with E-state index in [0.717, 1.165) is 82.5 Å². The minimum absolute atomic E-state index is 0.244. The van der Waals surface area contributed by atoms with Crippen molar-refractivity contribution in [3.8, 4) is 0 Å². The number of unbranched alkanes of at least 4 members (excludes halogenated alkanes) is 1. The van der Waals surface area contributed by atoms with Crippen LogP contribution in [0.2, 0.25) is 0 Å². The van der Waals surface area contributed by atoms with Crippen molar-refractivity contribution in [2.45, 2.75) is 32.7 Å². The van der Waals surface area contributed by atoms with Crippen LogP contribution in [0.4, 0.5) is 21.9 Å². The van der Waals surface area contributed by atoms with Crippen molar-refractivity contribution in [1.82, 2.24) is 14.7 Å². The number of likely N-dealkylation sites (N-methyl/N-ethyl adjacent to an activating group) is 1. The maximum Gasteiger partial charge on any atom is 0.323 e. The van der Waals surface area contributed by atoms with Gasteiger partial charge in [-0.2, -0.15) is 0 Å². The van der Waals surface area contributed by atoms with Gasteiger partial charge in [0.25, 0.3) is 0 Å². The molecule has 3 aliphatic heterocycles. The molecule has 0 unspecified atom stereocenters. The smallest absolute Gasteiger partial charge is 0.323 e. The highest BCUT2D eigenvalue weighted by molar-refractivity contribution is 8.04. The predicted octanol–water partition coefficient (Wildman–Crippen LogP) is 5.79. The third kappa shape index (κ3) is 8.04. The number of rotatable bonds is 9. The Hall–Kier alpha value is -2.98. The molecule has 0 aliphatic carbocycles. The predicted molar refractivity (Wildman–Crippen MR) is 166 cm³/mol. The van der Waals surface area contributed by atoms with Gasteiger partial charge in [0, 0.05) is 75.3 Å². The van der Waals surface area contributed by atoms with Crippen LogP contribution in [0.25, 0.3) is 0 Å². The van der Waals surface area contributed by atoms with Crippen LogP contribution in [0.15, 0.2) is 71.4 Å². The van der Waals surface area contributed by atoms with Gasteiger partial charge in [-0.05, 0) is 73.5 Å². The summed E-state index contributed by atoms with van der Waals surface area (Å²) in [5, 5.41) is 7.19. The average Bonchev–Trinajstić information content (AvgIpc) is 2.99. The number of ether oxygens (including phenoxy) is 1. The first kappa shape index (κ1) is 28.5. The van der Waals surface area contributed by atoms with Crippen LogP contribution in [0, 0.1) is 0 Å². The second-order valence-electron chi connectivity index (χ2n) is 10.7. The third-order valence-electron chi connectivity index (χ3n) is 7.52. The lowest BCUT2D eigenvalue weighted by Gasteiger charge is -2.35. The van der Waals surface area contributed by atoms with Crippen LogP contribution in [0.5, 0.6) is 0 Å². The fourth-order valence-electron chi connectivity index (χ4n) is 5.02. The number of urea groups is 1. The first-order chi connectivity index (χ1) is 19.6. The zero-order chi connectivity index (χ0) is 27.7. The van der Waals surface area contributed by atoms with E-state index < -0.39 is 0 Å². The zero-order valence-corrected chi connectivity index (χ0v) is 24.6. The molecular formula is C31H42N6O2S. The van der Waals surface area contributed by atoms with Gasteiger partial charge in [0.2, 0.25) is 0 Å². The summed E-state index contributed by atoms with van der Waals surface area (Å²) >= 11 is 1.75. The number of hydrogen-bond donors (Lipinski definition) is 2. The second kappa shape index (κ2) is 14.1. The fraction of sp³-hybridized carbons (Fsp3) is 0.452. The summed E-state index contributed by atoms with van der Waals surface area (Å²) in [4.78, 5) is 19.9. The van der Waals surface area contributed by atoms with E-state index in [4.69, 9.17) is 4.74 Å². The zero-order valence-electron chi connectivity index (χ0n) is 23.8. The van der Waals surface area contributed by atoms with Gasteiger partial charge in [0.15, 0.2) is 0 Å². The molecule has 214 valence electrons. The average molecular weight is 563 g/mol. The van der Waals surface area contributed by atoms with Gasteiger partial charge in [-0.15, -0.1) is 0 Å². The van der Waals surface area contributed by atoms with Crippen molar-refractivity contribution in [2.75, 3.05) is 74.5 Å². The molecule has 0 radical (unpaired) electrons. The summed E-state index contributed by atoms with van der Waals surface area (Å²) in [7, 11) is 2.17. The highest BCUT2D eigenvalue weighted by Gasteiger charge is 2.22. The first-order valence-electron chi connectivity index (χ1n) is 14.5. The summed E-state index contributed by atoms with van der Waals surface area (Å²) in [5.74, 6) is 0. The number of hydrogen-bond acceptors (Lipinski definition) is 7. The van der Waals surface area contributed by atoms with Gasteiger partial charge in [0.1, 0.15) is 0 Å². The fourth-order valence-corrected chi connectivity index (χ4v) is 6.14. The number of carbonyl (C=O) groups excluding carboxylic acids is 1. The lowest BCUT2D eigenvalue weighted by Crippen LogP contribution is -2.43. The Morgan fingerprint density at radius 1 is 0.900 bits per heavy atom. The molecule has 0 spiro atoms. The van der Waals surface area contributed by atoms with Crippen LogP contribution in [0.3, 0.4) is 0 Å². The highest BCUT2D eigenvalue weighted by Crippen LogP contribution is 2.37. The molecule has 2 aromatic carbocycles. The van der Waals surface area contributed by atoms with Crippen LogP contribution in [-0.4, -0.2) is 80.3 Å². The van der Waals surface area contributed by atoms with Crippen molar-refractivity contribution in [3.05, 3.63) is 77.0 Å². The van der Waals surface area contributed by atoms with E-state index in [2.05, 4.69) is 80.2 Å². The Labute approximate surface area is 243 Å². The third-order valence-corrected chi connectivity index (χ3v) is 8.60. The van der Waals surface area contributed by atoms with Crippen molar-refractivity contribution in [2.24, 2.45) is 0 Å². The summed E-state index contributed by atoms with van der Waals surface area (Å²) in [5.41, 5.74) is 5.24. The van der Waals surface area contributed by atoms with Crippen LogP contribution in [-0.2, 0) is 11.3 Å². The normalized spacial score (nSPS) is 18.8. The number of amides is 2. The molecule has 0 bridgehead atoms. The van der Waals surface area contributed by atoms with E-state index in [1.54, 1.807) is 11.9 Å². The molecule has 5 rings (SSSR count). The van der Waals surface area contributed by atoms with Crippen molar-refractivity contribution in [1.29, 1.82) is 0 Å². The molecule has 0 saturated carbocycles. The molecule has 2 fully saturated rings. The van der Waals surface area contributed by atoms with E-state index >= 15 is 0 Å². The van der Waals surface area contributed by atoms with Crippen LogP contribution < -0.4 is 14.9 Å². The van der Waals surface area contributed by atoms with E-state index in [9.17, 15) is 4.79 Å². The van der Waals surface area contributed by atoms with Crippen molar-refractivity contribution < 1.29 is 9.53 Å². The van der Waals surface area contributed by atoms with Gasteiger partial charge in [-0.1, -0.05) is 25.5 Å². The van der Waals surface area contributed by atoms with E-state index in [0.29, 0.717) is 0 Å². The van der Waals surface area contributed by atoms with Gasteiger partial charge >= 0.3 is 6.03 Å². The van der Waals surface area contributed by atoms with E-state index in [1.165, 1.54) is 29.0 Å². The largest absolute Gasteiger partial charge is 0.378 e. The number of morpholine rings is 1. The Bertz CT molecular complexity index is 1170. The molecule has 2 saturated heterocycles. The SMILES string of the molecule is CCCCC1=CN(c2ccc(NC(=O)Nc3ccc(CN4CCN(C)CC4)cc3)cc2)SC(N2CCOCC2)=C1. The topological polar surface area (TPSA) is 63.3 Å². The highest BCUT2D eigenvalue weighted by atomic mass is 32.2. The number of allylic oxidation sites excluding steroid dienone is 2. The molecule has 2 N–H and O–H groups in total. The minimum atomic E-state index is -0.244. The summed E-state index contributed by atoms with van der Waals surface area (Å²) in [6, 6.07) is 15.9. The molecule has 2 amide bonds. The first-order valence-corrected chi connectivity index (χ1v) is 15.2. The molecule has 8 nitrogen and oxygen atoms in total. The van der Waals surface area contributed by atoms with Crippen LogP contribution >= 0.6 is 11.9 Å². The Morgan fingerprint density at radius 3 is 2.20 bits per heavy atom. The van der Waals surface area contributed by atoms with Crippen LogP contribution in [0.1, 0.15) is 31.7 Å². The molecule has 0 aromatic heterocycles. The van der Waals surface area contributed by atoms with Crippen molar-refractivity contribution >= 4 is 35.0 Å². The maximum absolute atomic E-state index is 12.7. The number of carbonyl (C=O) groups is 1. The summed E-state index contributed by atoms with van der Waals surface area (Å²) in [6.45, 7) is 11.0. The molecule has 40 heavy (non-hydrogen) atoms. The van der Waals surface area contributed by atoms with Crippen molar-refractivity contribution in [3.63, 3.8) is 0 Å². The number of nitrogens with one attached hydrogen (secondary N) is 2. The monoisotopic (exact) mass is 562 g/mol. The molecule has 2 aromatic rings. The van der Waals surface area contributed by atoms with Gasteiger partial charge in [-0.3, -0.25) is 9.21 Å². The van der Waals surface area contributed by atoms with E-state index in [1.807, 2.05) is 24.3 Å². The summed E-state index contributed by atoms with van der Waals surface area (Å²) < 4.78 is 7.80. The minimum Gasteiger partial charge on any atom is -0.378 e. The molecule has 3 heterocycles. The maximum atomic E-state index is 12.7. The Kier molecular flexibility index (Phi) is 10.0. The van der Waals surface area contributed by atoms with E-state index in [-0.39, 0.29) is 6.03 Å². The number of nitrogens with zero attached hydrogens (tertiary/aromatic N) is 4. The van der Waals surface area contributed by atoms with Gasteiger partial charge in [0.05, 0.1) is 23.9 Å². The quantitative estimate of drug-likeness (QED) is 0.375. The molecule has 9 heteroatoms. The molecule has 3 aliphatic rings. The Morgan fingerprint density at radius 2 is 1.55 bits per heavy atom. The number of anilines is 3. The lowest BCUT2D eigenvalue weighted by atomic mass is 10.1. The Balaban J connectivity index is 1.15. The second-order valence-corrected chi connectivity index (χ2v) is 11.7. The summed E-state index contributed by atoms with van der Waals surface area (Å²) in [6.07, 6.45) is 7.99. The lowest BCUT2D eigenvalue weighted by molar-refractivity contribution is 0.0576. The molecular weight excluding hydrogens is 520 g/mol.